The Bertz CT molecular complexity index is 592. The molecule has 0 amide bonds. The number of halogens is 1. The van der Waals surface area contributed by atoms with Crippen LogP contribution < -0.4 is 0 Å². The summed E-state index contributed by atoms with van der Waals surface area (Å²) in [5, 5.41) is 0. The molecule has 0 saturated heterocycles. The lowest BCUT2D eigenvalue weighted by molar-refractivity contribution is 0.0489. The average Bonchev–Trinajstić information content (AvgIpc) is 2.83. The van der Waals surface area contributed by atoms with E-state index in [0.717, 1.165) is 9.13 Å². The molecular weight excluding hydrogens is 357 g/mol. The van der Waals surface area contributed by atoms with Gasteiger partial charge in [-0.05, 0) is 54.1 Å². The average molecular weight is 371 g/mol. The molecule has 1 aromatic heterocycles. The van der Waals surface area contributed by atoms with Gasteiger partial charge in [0.25, 0.3) is 0 Å². The zero-order valence-corrected chi connectivity index (χ0v) is 12.9. The quantitative estimate of drug-likeness (QED) is 0.608. The second kappa shape index (κ2) is 6.18. The summed E-state index contributed by atoms with van der Waals surface area (Å²) in [5.74, 6) is 0.209. The Morgan fingerprint density at radius 3 is 2.84 bits per heavy atom. The number of nitrogens with zero attached hydrogens (tertiary/aromatic N) is 1. The fraction of sp³-hybridized carbons (Fsp3) is 0.286. The van der Waals surface area contributed by atoms with Crippen molar-refractivity contribution in [3.8, 4) is 11.5 Å². The third-order valence-corrected chi connectivity index (χ3v) is 3.24. The summed E-state index contributed by atoms with van der Waals surface area (Å²) in [5.41, 5.74) is 1.49. The van der Waals surface area contributed by atoms with Crippen molar-refractivity contribution < 1.29 is 13.9 Å². The van der Waals surface area contributed by atoms with Gasteiger partial charge in [0.15, 0.2) is 0 Å². The summed E-state index contributed by atoms with van der Waals surface area (Å²) >= 11 is 2.22. The Labute approximate surface area is 125 Å². The fourth-order valence-electron chi connectivity index (χ4n) is 1.69. The molecule has 0 aliphatic rings. The molecule has 0 aliphatic heterocycles. The Balaban J connectivity index is 2.41. The molecule has 2 rings (SSSR count). The molecule has 2 aromatic rings. The highest BCUT2D eigenvalue weighted by Crippen LogP contribution is 2.24. The summed E-state index contributed by atoms with van der Waals surface area (Å²) in [6, 6.07) is 7.78. The lowest BCUT2D eigenvalue weighted by Crippen LogP contribution is -2.05. The van der Waals surface area contributed by atoms with Crippen molar-refractivity contribution in [3.63, 3.8) is 0 Å². The number of aromatic nitrogens is 1. The van der Waals surface area contributed by atoms with Gasteiger partial charge >= 0.3 is 5.97 Å². The Kier molecular flexibility index (Phi) is 4.57. The molecule has 5 heteroatoms. The van der Waals surface area contributed by atoms with Gasteiger partial charge in [-0.25, -0.2) is 9.78 Å². The third kappa shape index (κ3) is 3.15. The van der Waals surface area contributed by atoms with E-state index < -0.39 is 5.97 Å². The van der Waals surface area contributed by atoms with Gasteiger partial charge in [0.1, 0.15) is 0 Å². The highest BCUT2D eigenvalue weighted by molar-refractivity contribution is 14.1. The minimum Gasteiger partial charge on any atom is -0.460 e. The maximum atomic E-state index is 11.8. The van der Waals surface area contributed by atoms with E-state index in [1.807, 2.05) is 31.2 Å². The van der Waals surface area contributed by atoms with Gasteiger partial charge in [-0.1, -0.05) is 13.0 Å². The van der Waals surface area contributed by atoms with Crippen LogP contribution in [0.15, 0.2) is 28.7 Å². The molecule has 0 unspecified atom stereocenters. The van der Waals surface area contributed by atoms with Crippen molar-refractivity contribution in [1.29, 1.82) is 0 Å². The molecular formula is C14H14INO3. The van der Waals surface area contributed by atoms with Gasteiger partial charge in [-0.2, -0.15) is 0 Å². The number of benzene rings is 1. The molecule has 4 nitrogen and oxygen atoms in total. The van der Waals surface area contributed by atoms with Crippen LogP contribution >= 0.6 is 22.6 Å². The number of rotatable bonds is 4. The van der Waals surface area contributed by atoms with E-state index in [1.165, 1.54) is 0 Å². The standard InChI is InChI=1S/C14H14INO3/c1-3-11-12(14(17)18-4-2)19-13(16-11)9-6-5-7-10(15)8-9/h5-8H,3-4H2,1-2H3. The van der Waals surface area contributed by atoms with Crippen LogP contribution in [-0.2, 0) is 11.2 Å². The summed E-state index contributed by atoms with van der Waals surface area (Å²) in [6.07, 6.45) is 0.627. The van der Waals surface area contributed by atoms with Gasteiger partial charge < -0.3 is 9.15 Å². The lowest BCUT2D eigenvalue weighted by atomic mass is 10.2. The van der Waals surface area contributed by atoms with Crippen LogP contribution in [0.3, 0.4) is 0 Å². The second-order valence-electron chi connectivity index (χ2n) is 3.88. The molecule has 0 saturated carbocycles. The van der Waals surface area contributed by atoms with E-state index in [0.29, 0.717) is 24.6 Å². The number of carbonyl (C=O) groups is 1. The lowest BCUT2D eigenvalue weighted by Gasteiger charge is -1.98. The van der Waals surface area contributed by atoms with Crippen LogP contribution in [0.2, 0.25) is 0 Å². The van der Waals surface area contributed by atoms with Crippen molar-refractivity contribution in [2.45, 2.75) is 20.3 Å². The summed E-state index contributed by atoms with van der Waals surface area (Å²) < 4.78 is 11.6. The number of hydrogen-bond acceptors (Lipinski definition) is 4. The highest BCUT2D eigenvalue weighted by Gasteiger charge is 2.20. The molecule has 0 bridgehead atoms. The van der Waals surface area contributed by atoms with Crippen LogP contribution in [0.25, 0.3) is 11.5 Å². The zero-order chi connectivity index (χ0) is 13.8. The monoisotopic (exact) mass is 371 g/mol. The molecule has 0 N–H and O–H groups in total. The van der Waals surface area contributed by atoms with Crippen LogP contribution in [0.4, 0.5) is 0 Å². The predicted molar refractivity (Wildman–Crippen MR) is 80.0 cm³/mol. The molecule has 0 fully saturated rings. The van der Waals surface area contributed by atoms with Gasteiger partial charge in [0.2, 0.25) is 11.7 Å². The molecule has 0 aliphatic carbocycles. The van der Waals surface area contributed by atoms with Gasteiger partial charge in [0.05, 0.1) is 12.3 Å². The van der Waals surface area contributed by atoms with Crippen molar-refractivity contribution in [2.24, 2.45) is 0 Å². The second-order valence-corrected chi connectivity index (χ2v) is 5.12. The normalized spacial score (nSPS) is 10.5. The molecule has 0 atom stereocenters. The first kappa shape index (κ1) is 14.0. The molecule has 0 radical (unpaired) electrons. The largest absolute Gasteiger partial charge is 0.460 e. The topological polar surface area (TPSA) is 52.3 Å². The summed E-state index contributed by atoms with van der Waals surface area (Å²) in [6.45, 7) is 4.01. The summed E-state index contributed by atoms with van der Waals surface area (Å²) in [4.78, 5) is 16.2. The Morgan fingerprint density at radius 2 is 2.21 bits per heavy atom. The number of carbonyl (C=O) groups excluding carboxylic acids is 1. The Hall–Kier alpha value is -1.37. The maximum absolute atomic E-state index is 11.8. The van der Waals surface area contributed by atoms with Crippen LogP contribution in [0, 0.1) is 3.57 Å². The molecule has 100 valence electrons. The minimum absolute atomic E-state index is 0.207. The van der Waals surface area contributed by atoms with Gasteiger partial charge in [-0.3, -0.25) is 0 Å². The molecule has 0 spiro atoms. The van der Waals surface area contributed by atoms with Crippen molar-refractivity contribution in [2.75, 3.05) is 6.61 Å². The first-order valence-corrected chi connectivity index (χ1v) is 7.16. The SMILES string of the molecule is CCOC(=O)c1oc(-c2cccc(I)c2)nc1CC. The molecule has 1 heterocycles. The van der Waals surface area contributed by atoms with Crippen LogP contribution in [-0.4, -0.2) is 17.6 Å². The van der Waals surface area contributed by atoms with Crippen molar-refractivity contribution in [1.82, 2.24) is 4.98 Å². The highest BCUT2D eigenvalue weighted by atomic mass is 127. The first-order chi connectivity index (χ1) is 9.15. The zero-order valence-electron chi connectivity index (χ0n) is 10.8. The van der Waals surface area contributed by atoms with Crippen molar-refractivity contribution in [3.05, 3.63) is 39.3 Å². The maximum Gasteiger partial charge on any atom is 0.376 e. The third-order valence-electron chi connectivity index (χ3n) is 2.56. The number of oxazole rings is 1. The van der Waals surface area contributed by atoms with E-state index in [1.54, 1.807) is 6.92 Å². The number of hydrogen-bond donors (Lipinski definition) is 0. The van der Waals surface area contributed by atoms with E-state index in [2.05, 4.69) is 27.6 Å². The number of esters is 1. The summed E-state index contributed by atoms with van der Waals surface area (Å²) in [7, 11) is 0. The van der Waals surface area contributed by atoms with E-state index in [-0.39, 0.29) is 5.76 Å². The van der Waals surface area contributed by atoms with Gasteiger partial charge in [-0.15, -0.1) is 0 Å². The minimum atomic E-state index is -0.455. The van der Waals surface area contributed by atoms with E-state index >= 15 is 0 Å². The molecule has 1 aromatic carbocycles. The first-order valence-electron chi connectivity index (χ1n) is 6.08. The van der Waals surface area contributed by atoms with Crippen LogP contribution in [0.1, 0.15) is 30.1 Å². The molecule has 19 heavy (non-hydrogen) atoms. The van der Waals surface area contributed by atoms with Gasteiger partial charge in [0, 0.05) is 9.13 Å². The van der Waals surface area contributed by atoms with E-state index in [9.17, 15) is 4.79 Å². The fourth-order valence-corrected chi connectivity index (χ4v) is 2.24. The number of ether oxygens (including phenoxy) is 1. The smallest absolute Gasteiger partial charge is 0.376 e. The van der Waals surface area contributed by atoms with Crippen molar-refractivity contribution >= 4 is 28.6 Å². The predicted octanol–water partition coefficient (Wildman–Crippen LogP) is 3.69. The Morgan fingerprint density at radius 1 is 1.42 bits per heavy atom. The van der Waals surface area contributed by atoms with E-state index in [4.69, 9.17) is 9.15 Å². The number of aryl methyl sites for hydroxylation is 1. The van der Waals surface area contributed by atoms with Crippen LogP contribution in [0.5, 0.6) is 0 Å².